The van der Waals surface area contributed by atoms with Gasteiger partial charge in [-0.15, -0.1) is 0 Å². The fourth-order valence-electron chi connectivity index (χ4n) is 5.91. The second-order valence-corrected chi connectivity index (χ2v) is 17.4. The molecule has 1 aromatic heterocycles. The summed E-state index contributed by atoms with van der Waals surface area (Å²) >= 11 is 26.9. The minimum atomic E-state index is -4.22. The van der Waals surface area contributed by atoms with E-state index in [-0.39, 0.29) is 58.5 Å². The van der Waals surface area contributed by atoms with Crippen LogP contribution in [0.3, 0.4) is 0 Å². The largest absolute Gasteiger partial charge is 0.423 e. The zero-order chi connectivity index (χ0) is 36.5. The number of benzene rings is 4. The summed E-state index contributed by atoms with van der Waals surface area (Å²) in [4.78, 5) is 6.85. The maximum atomic E-state index is 14.0. The lowest BCUT2D eigenvalue weighted by atomic mass is 10.0. The molecule has 2 unspecified atom stereocenters. The Balaban J connectivity index is 1.58. The zero-order valence-corrected chi connectivity index (χ0v) is 32.2. The summed E-state index contributed by atoms with van der Waals surface area (Å²) in [5, 5.41) is 0.673. The van der Waals surface area contributed by atoms with Crippen LogP contribution in [0.4, 0.5) is 5.88 Å². The lowest BCUT2D eigenvalue weighted by molar-refractivity contribution is 0.438. The molecule has 2 atom stereocenters. The number of halogens is 4. The summed E-state index contributed by atoms with van der Waals surface area (Å²) in [6, 6.07) is 19.7. The molecule has 0 spiro atoms. The van der Waals surface area contributed by atoms with E-state index in [0.29, 0.717) is 13.1 Å². The van der Waals surface area contributed by atoms with E-state index < -0.39 is 32.1 Å². The van der Waals surface area contributed by atoms with Crippen molar-refractivity contribution in [1.29, 1.82) is 0 Å². The Morgan fingerprint density at radius 2 is 1.04 bits per heavy atom. The number of rotatable bonds is 11. The highest BCUT2D eigenvalue weighted by atomic mass is 35.5. The Kier molecular flexibility index (Phi) is 11.4. The molecule has 2 N–H and O–H groups in total. The zero-order valence-electron chi connectivity index (χ0n) is 27.5. The van der Waals surface area contributed by atoms with Gasteiger partial charge in [-0.1, -0.05) is 93.9 Å². The first-order valence-electron chi connectivity index (χ1n) is 16.1. The molecule has 1 fully saturated rings. The second kappa shape index (κ2) is 15.5. The minimum Gasteiger partial charge on any atom is -0.423 e. The van der Waals surface area contributed by atoms with E-state index in [0.717, 1.165) is 30.4 Å². The first-order valence-corrected chi connectivity index (χ1v) is 20.5. The van der Waals surface area contributed by atoms with Gasteiger partial charge in [-0.2, -0.15) is 9.44 Å². The smallest absolute Gasteiger partial charge is 0.241 e. The average Bonchev–Trinajstić information content (AvgIpc) is 3.53. The van der Waals surface area contributed by atoms with Crippen LogP contribution in [0.2, 0.25) is 20.1 Å². The molecule has 4 aromatic carbocycles. The average molecular weight is 809 g/mol. The van der Waals surface area contributed by atoms with Gasteiger partial charge in [-0.05, 0) is 81.6 Å². The van der Waals surface area contributed by atoms with Crippen molar-refractivity contribution in [3.63, 3.8) is 0 Å². The molecule has 268 valence electrons. The molecule has 0 aliphatic carbocycles. The first kappa shape index (κ1) is 37.6. The maximum absolute atomic E-state index is 14.0. The van der Waals surface area contributed by atoms with Gasteiger partial charge in [0, 0.05) is 44.3 Å². The standard InChI is InChI=1S/C36H34Cl4N4O5S2/c1-22-12-16-24(17-13-22)50(45,46)42-32(30-26(37)8-6-9-27(30)38)34-36(44-20-4-3-5-21-44)49-35(41-34)33(31-28(39)10-7-11-29(31)40)43-51(47,48)25-18-14-23(2)15-19-25/h6-19,32-33,42-43H,3-5,20-21H2,1-2H3. The Morgan fingerprint density at radius 1 is 0.627 bits per heavy atom. The highest BCUT2D eigenvalue weighted by Crippen LogP contribution is 2.43. The highest BCUT2D eigenvalue weighted by Gasteiger charge is 2.37. The predicted octanol–water partition coefficient (Wildman–Crippen LogP) is 9.03. The highest BCUT2D eigenvalue weighted by molar-refractivity contribution is 7.89. The van der Waals surface area contributed by atoms with Crippen molar-refractivity contribution in [3.8, 4) is 0 Å². The molecule has 6 rings (SSSR count). The molecule has 51 heavy (non-hydrogen) atoms. The predicted molar refractivity (Wildman–Crippen MR) is 202 cm³/mol. The molecule has 0 saturated carbocycles. The molecule has 2 heterocycles. The Hall–Kier alpha value is -3.13. The monoisotopic (exact) mass is 806 g/mol. The van der Waals surface area contributed by atoms with Crippen molar-refractivity contribution in [2.45, 2.75) is 55.0 Å². The number of aryl methyl sites for hydroxylation is 2. The van der Waals surface area contributed by atoms with E-state index in [4.69, 9.17) is 55.8 Å². The molecule has 0 amide bonds. The number of oxazole rings is 1. The number of sulfonamides is 2. The molecule has 0 bridgehead atoms. The fraction of sp³-hybridized carbons (Fsp3) is 0.250. The Labute approximate surface area is 318 Å². The third-order valence-corrected chi connectivity index (χ3v) is 12.8. The van der Waals surface area contributed by atoms with Gasteiger partial charge in [0.15, 0.2) is 0 Å². The number of hydrogen-bond donors (Lipinski definition) is 2. The molecule has 5 aromatic rings. The molecule has 1 aliphatic heterocycles. The van der Waals surface area contributed by atoms with Crippen molar-refractivity contribution in [1.82, 2.24) is 14.4 Å². The third kappa shape index (κ3) is 8.26. The van der Waals surface area contributed by atoms with Crippen LogP contribution in [0.15, 0.2) is 99.1 Å². The topological polar surface area (TPSA) is 122 Å². The van der Waals surface area contributed by atoms with Crippen LogP contribution >= 0.6 is 46.4 Å². The molecule has 1 aliphatic rings. The summed E-state index contributed by atoms with van der Waals surface area (Å²) in [5.74, 6) is 0.0963. The van der Waals surface area contributed by atoms with Crippen LogP contribution < -0.4 is 14.3 Å². The lowest BCUT2D eigenvalue weighted by Gasteiger charge is -2.28. The SMILES string of the molecule is Cc1ccc(S(=O)(=O)NC(c2nc(C(NS(=O)(=O)c3ccc(C)cc3)c3c(Cl)cccc3Cl)c(N3CCCCC3)o2)c2c(Cl)cccc2Cl)cc1. The van der Waals surface area contributed by atoms with Crippen LogP contribution in [-0.2, 0) is 20.0 Å². The van der Waals surface area contributed by atoms with Gasteiger partial charge in [-0.25, -0.2) is 21.8 Å². The summed E-state index contributed by atoms with van der Waals surface area (Å²) in [6.07, 6.45) is 2.66. The summed E-state index contributed by atoms with van der Waals surface area (Å²) in [6.45, 7) is 4.85. The second-order valence-electron chi connectivity index (χ2n) is 12.3. The minimum absolute atomic E-state index is 0.00380. The van der Waals surface area contributed by atoms with Crippen molar-refractivity contribution in [2.75, 3.05) is 18.0 Å². The van der Waals surface area contributed by atoms with Crippen LogP contribution in [0.25, 0.3) is 0 Å². The molecule has 15 heteroatoms. The Bertz CT molecular complexity index is 2220. The van der Waals surface area contributed by atoms with E-state index in [1.165, 1.54) is 24.3 Å². The third-order valence-electron chi connectivity index (χ3n) is 8.60. The maximum Gasteiger partial charge on any atom is 0.241 e. The number of nitrogens with zero attached hydrogens (tertiary/aromatic N) is 2. The lowest BCUT2D eigenvalue weighted by Crippen LogP contribution is -2.34. The molecular weight excluding hydrogens is 774 g/mol. The molecule has 0 radical (unpaired) electrons. The van der Waals surface area contributed by atoms with E-state index in [2.05, 4.69) is 9.44 Å². The summed E-state index contributed by atoms with van der Waals surface area (Å²) in [7, 11) is -8.44. The normalized spacial score (nSPS) is 15.1. The van der Waals surface area contributed by atoms with E-state index in [9.17, 15) is 16.8 Å². The van der Waals surface area contributed by atoms with Crippen molar-refractivity contribution >= 4 is 72.3 Å². The van der Waals surface area contributed by atoms with Crippen LogP contribution in [0.1, 0.15) is 65.2 Å². The first-order chi connectivity index (χ1) is 24.2. The molecule has 1 saturated heterocycles. The van der Waals surface area contributed by atoms with Gasteiger partial charge in [0.25, 0.3) is 0 Å². The van der Waals surface area contributed by atoms with Gasteiger partial charge < -0.3 is 9.32 Å². The van der Waals surface area contributed by atoms with Gasteiger partial charge in [0.1, 0.15) is 11.7 Å². The van der Waals surface area contributed by atoms with E-state index in [1.807, 2.05) is 18.7 Å². The number of hydrogen-bond acceptors (Lipinski definition) is 7. The molecule has 9 nitrogen and oxygen atoms in total. The van der Waals surface area contributed by atoms with Gasteiger partial charge in [0.05, 0.1) is 15.8 Å². The van der Waals surface area contributed by atoms with Crippen LogP contribution in [0, 0.1) is 13.8 Å². The number of piperidine rings is 1. The Morgan fingerprint density at radius 3 is 1.49 bits per heavy atom. The quantitative estimate of drug-likeness (QED) is 0.137. The van der Waals surface area contributed by atoms with Gasteiger partial charge >= 0.3 is 0 Å². The van der Waals surface area contributed by atoms with Crippen LogP contribution in [0.5, 0.6) is 0 Å². The number of aromatic nitrogens is 1. The number of anilines is 1. The fourth-order valence-corrected chi connectivity index (χ4v) is 9.48. The van der Waals surface area contributed by atoms with Gasteiger partial charge in [0.2, 0.25) is 31.8 Å². The summed E-state index contributed by atoms with van der Waals surface area (Å²) in [5.41, 5.74) is 2.32. The van der Waals surface area contributed by atoms with Crippen molar-refractivity contribution in [3.05, 3.63) is 139 Å². The molecular formula is C36H34Cl4N4O5S2. The van der Waals surface area contributed by atoms with Gasteiger partial charge in [-0.3, -0.25) is 0 Å². The van der Waals surface area contributed by atoms with Crippen LogP contribution in [-0.4, -0.2) is 34.9 Å². The van der Waals surface area contributed by atoms with E-state index in [1.54, 1.807) is 60.7 Å². The van der Waals surface area contributed by atoms with Crippen molar-refractivity contribution in [2.24, 2.45) is 0 Å². The van der Waals surface area contributed by atoms with E-state index >= 15 is 0 Å². The summed E-state index contributed by atoms with van der Waals surface area (Å²) < 4.78 is 68.0. The number of nitrogens with one attached hydrogen (secondary N) is 2. The van der Waals surface area contributed by atoms with Crippen molar-refractivity contribution < 1.29 is 21.3 Å².